The molecule has 0 aliphatic heterocycles. The van der Waals surface area contributed by atoms with E-state index in [2.05, 4.69) is 29.5 Å². The molecule has 0 unspecified atom stereocenters. The number of aliphatic imine (C=N–C) groups is 1. The van der Waals surface area contributed by atoms with Crippen molar-refractivity contribution in [3.63, 3.8) is 0 Å². The highest BCUT2D eigenvalue weighted by Gasteiger charge is 2.15. The minimum Gasteiger partial charge on any atom is -0.493 e. The van der Waals surface area contributed by atoms with Gasteiger partial charge in [0.2, 0.25) is 5.75 Å². The van der Waals surface area contributed by atoms with Crippen molar-refractivity contribution in [2.24, 2.45) is 10.9 Å². The summed E-state index contributed by atoms with van der Waals surface area (Å²) in [5.74, 6) is 3.40. The number of rotatable bonds is 9. The summed E-state index contributed by atoms with van der Waals surface area (Å²) >= 11 is 0. The Morgan fingerprint density at radius 1 is 1.04 bits per heavy atom. The van der Waals surface area contributed by atoms with Crippen molar-refractivity contribution < 1.29 is 14.2 Å². The molecule has 0 saturated heterocycles. The molecule has 0 aliphatic carbocycles. The van der Waals surface area contributed by atoms with Crippen LogP contribution in [0.25, 0.3) is 0 Å². The summed E-state index contributed by atoms with van der Waals surface area (Å²) in [7, 11) is 6.61. The molecule has 0 fully saturated rings. The Balaban J connectivity index is 2.68. The average molecular weight is 337 g/mol. The quantitative estimate of drug-likeness (QED) is 0.412. The molecule has 1 aromatic carbocycles. The molecule has 0 aromatic heterocycles. The lowest BCUT2D eigenvalue weighted by Gasteiger charge is -2.17. The van der Waals surface area contributed by atoms with E-state index < -0.39 is 0 Å². The van der Waals surface area contributed by atoms with E-state index in [1.54, 1.807) is 28.4 Å². The van der Waals surface area contributed by atoms with E-state index in [4.69, 9.17) is 14.2 Å². The van der Waals surface area contributed by atoms with E-state index in [1.807, 2.05) is 12.1 Å². The number of benzene rings is 1. The molecule has 0 amide bonds. The SMILES string of the molecule is CN=C(NCCCC(C)C)NCc1ccc(OC)c(OC)c1OC. The van der Waals surface area contributed by atoms with Gasteiger partial charge >= 0.3 is 0 Å². The molecule has 0 spiro atoms. The fourth-order valence-corrected chi connectivity index (χ4v) is 2.42. The highest BCUT2D eigenvalue weighted by atomic mass is 16.5. The minimum atomic E-state index is 0.577. The molecule has 24 heavy (non-hydrogen) atoms. The van der Waals surface area contributed by atoms with Crippen molar-refractivity contribution in [2.45, 2.75) is 33.2 Å². The Labute approximate surface area is 145 Å². The van der Waals surface area contributed by atoms with Crippen molar-refractivity contribution in [3.8, 4) is 17.2 Å². The number of hydrogen-bond donors (Lipinski definition) is 2. The first-order chi connectivity index (χ1) is 11.6. The van der Waals surface area contributed by atoms with Crippen LogP contribution in [0.15, 0.2) is 17.1 Å². The van der Waals surface area contributed by atoms with Crippen LogP contribution < -0.4 is 24.8 Å². The molecule has 0 aliphatic rings. The molecular weight excluding hydrogens is 306 g/mol. The third-order valence-corrected chi connectivity index (χ3v) is 3.71. The first-order valence-electron chi connectivity index (χ1n) is 8.29. The van der Waals surface area contributed by atoms with Gasteiger partial charge in [0.25, 0.3) is 0 Å². The van der Waals surface area contributed by atoms with Crippen molar-refractivity contribution in [1.82, 2.24) is 10.6 Å². The smallest absolute Gasteiger partial charge is 0.203 e. The van der Waals surface area contributed by atoms with Crippen LogP contribution in [0.3, 0.4) is 0 Å². The van der Waals surface area contributed by atoms with Crippen LogP contribution in [0.1, 0.15) is 32.3 Å². The van der Waals surface area contributed by atoms with E-state index in [9.17, 15) is 0 Å². The van der Waals surface area contributed by atoms with Gasteiger partial charge in [0.15, 0.2) is 17.5 Å². The molecule has 0 bridgehead atoms. The first kappa shape index (κ1) is 19.9. The van der Waals surface area contributed by atoms with Crippen molar-refractivity contribution in [2.75, 3.05) is 34.9 Å². The van der Waals surface area contributed by atoms with Gasteiger partial charge < -0.3 is 24.8 Å². The zero-order chi connectivity index (χ0) is 17.9. The second-order valence-corrected chi connectivity index (χ2v) is 5.88. The summed E-state index contributed by atoms with van der Waals surface area (Å²) < 4.78 is 16.2. The van der Waals surface area contributed by atoms with Crippen LogP contribution in [0.4, 0.5) is 0 Å². The number of nitrogens with one attached hydrogen (secondary N) is 2. The highest BCUT2D eigenvalue weighted by molar-refractivity contribution is 5.79. The summed E-state index contributed by atoms with van der Waals surface area (Å²) in [5.41, 5.74) is 0.972. The summed E-state index contributed by atoms with van der Waals surface area (Å²) in [6, 6.07) is 3.83. The Morgan fingerprint density at radius 2 is 1.75 bits per heavy atom. The molecular formula is C18H31N3O3. The zero-order valence-electron chi connectivity index (χ0n) is 15.7. The Hall–Kier alpha value is -2.11. The molecule has 0 heterocycles. The normalized spacial score (nSPS) is 11.4. The molecule has 2 N–H and O–H groups in total. The lowest BCUT2D eigenvalue weighted by Crippen LogP contribution is -2.37. The Morgan fingerprint density at radius 3 is 2.29 bits per heavy atom. The molecule has 6 heteroatoms. The third-order valence-electron chi connectivity index (χ3n) is 3.71. The predicted octanol–water partition coefficient (Wildman–Crippen LogP) is 2.81. The Kier molecular flexibility index (Phi) is 8.83. The van der Waals surface area contributed by atoms with Crippen molar-refractivity contribution in [3.05, 3.63) is 17.7 Å². The summed E-state index contributed by atoms with van der Waals surface area (Å²) in [5, 5.41) is 6.63. The van der Waals surface area contributed by atoms with E-state index in [0.29, 0.717) is 23.8 Å². The topological polar surface area (TPSA) is 64.1 Å². The van der Waals surface area contributed by atoms with Crippen LogP contribution in [0.5, 0.6) is 17.2 Å². The van der Waals surface area contributed by atoms with Crippen LogP contribution >= 0.6 is 0 Å². The second kappa shape index (κ2) is 10.6. The predicted molar refractivity (Wildman–Crippen MR) is 98.4 cm³/mol. The fourth-order valence-electron chi connectivity index (χ4n) is 2.42. The zero-order valence-corrected chi connectivity index (χ0v) is 15.7. The molecule has 0 atom stereocenters. The van der Waals surface area contributed by atoms with E-state index in [1.165, 1.54) is 6.42 Å². The largest absolute Gasteiger partial charge is 0.493 e. The maximum absolute atomic E-state index is 5.50. The fraction of sp³-hybridized carbons (Fsp3) is 0.611. The summed E-state index contributed by atoms with van der Waals surface area (Å²) in [4.78, 5) is 4.25. The van der Waals surface area contributed by atoms with Gasteiger partial charge in [0.1, 0.15) is 0 Å². The monoisotopic (exact) mass is 337 g/mol. The first-order valence-corrected chi connectivity index (χ1v) is 8.29. The molecule has 1 rings (SSSR count). The van der Waals surface area contributed by atoms with E-state index >= 15 is 0 Å². The van der Waals surface area contributed by atoms with Crippen LogP contribution in [-0.2, 0) is 6.54 Å². The standard InChI is InChI=1S/C18H31N3O3/c1-13(2)8-7-11-20-18(19-3)21-12-14-9-10-15(22-4)17(24-6)16(14)23-5/h9-10,13H,7-8,11-12H2,1-6H3,(H2,19,20,21). The average Bonchev–Trinajstić information content (AvgIpc) is 2.59. The summed E-state index contributed by atoms with van der Waals surface area (Å²) in [6.45, 7) is 5.95. The van der Waals surface area contributed by atoms with Crippen molar-refractivity contribution in [1.29, 1.82) is 0 Å². The molecule has 6 nitrogen and oxygen atoms in total. The maximum atomic E-state index is 5.50. The van der Waals surface area contributed by atoms with Crippen LogP contribution in [0, 0.1) is 5.92 Å². The van der Waals surface area contributed by atoms with Gasteiger partial charge in [-0.1, -0.05) is 13.8 Å². The van der Waals surface area contributed by atoms with Crippen LogP contribution in [-0.4, -0.2) is 40.9 Å². The molecule has 1 aromatic rings. The number of hydrogen-bond acceptors (Lipinski definition) is 4. The third kappa shape index (κ3) is 5.83. The van der Waals surface area contributed by atoms with Gasteiger partial charge in [0, 0.05) is 25.7 Å². The molecule has 0 saturated carbocycles. The lowest BCUT2D eigenvalue weighted by atomic mass is 10.1. The molecule has 136 valence electrons. The minimum absolute atomic E-state index is 0.577. The van der Waals surface area contributed by atoms with Crippen molar-refractivity contribution >= 4 is 5.96 Å². The van der Waals surface area contributed by atoms with Gasteiger partial charge in [-0.25, -0.2) is 0 Å². The van der Waals surface area contributed by atoms with Gasteiger partial charge in [-0.2, -0.15) is 0 Å². The second-order valence-electron chi connectivity index (χ2n) is 5.88. The van der Waals surface area contributed by atoms with Crippen LogP contribution in [0.2, 0.25) is 0 Å². The van der Waals surface area contributed by atoms with E-state index in [-0.39, 0.29) is 0 Å². The number of nitrogens with zero attached hydrogens (tertiary/aromatic N) is 1. The Bertz CT molecular complexity index is 530. The van der Waals surface area contributed by atoms with Gasteiger partial charge in [0.05, 0.1) is 21.3 Å². The highest BCUT2D eigenvalue weighted by Crippen LogP contribution is 2.39. The maximum Gasteiger partial charge on any atom is 0.203 e. The summed E-state index contributed by atoms with van der Waals surface area (Å²) in [6.07, 6.45) is 2.32. The number of guanidine groups is 1. The van der Waals surface area contributed by atoms with Gasteiger partial charge in [-0.15, -0.1) is 0 Å². The lowest BCUT2D eigenvalue weighted by molar-refractivity contribution is 0.322. The molecule has 0 radical (unpaired) electrons. The van der Waals surface area contributed by atoms with Gasteiger partial charge in [-0.3, -0.25) is 4.99 Å². The van der Waals surface area contributed by atoms with Gasteiger partial charge in [-0.05, 0) is 30.9 Å². The van der Waals surface area contributed by atoms with E-state index in [0.717, 1.165) is 30.4 Å². The number of methoxy groups -OCH3 is 3. The number of ether oxygens (including phenoxy) is 3.